The minimum atomic E-state index is -0.0291. The van der Waals surface area contributed by atoms with Gasteiger partial charge in [-0.3, -0.25) is 9.48 Å². The summed E-state index contributed by atoms with van der Waals surface area (Å²) in [5.41, 5.74) is 1.88. The van der Waals surface area contributed by atoms with Gasteiger partial charge in [-0.1, -0.05) is 0 Å². The lowest BCUT2D eigenvalue weighted by molar-refractivity contribution is 0.0788. The maximum Gasteiger partial charge on any atom is 0.265 e. The Balaban J connectivity index is 1.47. The number of carbonyl (C=O) groups is 1. The summed E-state index contributed by atoms with van der Waals surface area (Å²) < 4.78 is 3.94. The molecule has 0 N–H and O–H groups in total. The Bertz CT molecular complexity index is 885. The molecule has 0 atom stereocenters. The van der Waals surface area contributed by atoms with E-state index in [9.17, 15) is 4.79 Å². The van der Waals surface area contributed by atoms with Crippen LogP contribution in [0.5, 0.6) is 0 Å². The number of aryl methyl sites for hydroxylation is 3. The van der Waals surface area contributed by atoms with Crippen LogP contribution in [0, 0.1) is 0 Å². The molecule has 0 saturated carbocycles. The third-order valence-electron chi connectivity index (χ3n) is 4.37. The summed E-state index contributed by atoms with van der Waals surface area (Å²) in [5, 5.41) is 4.95. The fourth-order valence-electron chi connectivity index (χ4n) is 3.09. The van der Waals surface area contributed by atoms with E-state index >= 15 is 0 Å². The average Bonchev–Trinajstić information content (AvgIpc) is 3.32. The van der Waals surface area contributed by atoms with Gasteiger partial charge < -0.3 is 9.47 Å². The SMILES string of the molecule is CN(Cc1cn2c(n1)CCCC2)C(=O)c1cnc(-c2cnn(C)c2)s1. The molecule has 1 amide bonds. The van der Waals surface area contributed by atoms with E-state index in [0.29, 0.717) is 11.4 Å². The van der Waals surface area contributed by atoms with E-state index in [1.165, 1.54) is 24.2 Å². The molecule has 3 aromatic heterocycles. The molecule has 3 aromatic rings. The highest BCUT2D eigenvalue weighted by Gasteiger charge is 2.19. The van der Waals surface area contributed by atoms with Crippen molar-refractivity contribution in [2.75, 3.05) is 7.05 Å². The number of rotatable bonds is 4. The molecule has 0 spiro atoms. The largest absolute Gasteiger partial charge is 0.335 e. The molecule has 0 aromatic carbocycles. The highest BCUT2D eigenvalue weighted by molar-refractivity contribution is 7.16. The van der Waals surface area contributed by atoms with Crippen LogP contribution in [0.4, 0.5) is 0 Å². The van der Waals surface area contributed by atoms with Gasteiger partial charge in [-0.05, 0) is 12.8 Å². The molecule has 7 nitrogen and oxygen atoms in total. The van der Waals surface area contributed by atoms with Crippen LogP contribution < -0.4 is 0 Å². The van der Waals surface area contributed by atoms with Gasteiger partial charge in [-0.25, -0.2) is 9.97 Å². The summed E-state index contributed by atoms with van der Waals surface area (Å²) in [6.07, 6.45) is 10.8. The number of imidazole rings is 1. The highest BCUT2D eigenvalue weighted by atomic mass is 32.1. The first-order valence-electron chi connectivity index (χ1n) is 8.35. The summed E-state index contributed by atoms with van der Waals surface area (Å²) in [4.78, 5) is 24.0. The Morgan fingerprint density at radius 2 is 2.20 bits per heavy atom. The van der Waals surface area contributed by atoms with Crippen LogP contribution in [0.15, 0.2) is 24.8 Å². The van der Waals surface area contributed by atoms with Crippen LogP contribution in [-0.2, 0) is 26.6 Å². The summed E-state index contributed by atoms with van der Waals surface area (Å²) in [6.45, 7) is 1.54. The van der Waals surface area contributed by atoms with Crippen molar-refractivity contribution in [3.63, 3.8) is 0 Å². The van der Waals surface area contributed by atoms with Crippen LogP contribution in [-0.4, -0.2) is 42.2 Å². The van der Waals surface area contributed by atoms with Gasteiger partial charge in [0, 0.05) is 45.0 Å². The molecule has 4 heterocycles. The van der Waals surface area contributed by atoms with Gasteiger partial charge in [-0.2, -0.15) is 5.10 Å². The van der Waals surface area contributed by atoms with Crippen molar-refractivity contribution in [3.05, 3.63) is 41.2 Å². The number of aromatic nitrogens is 5. The Morgan fingerprint density at radius 3 is 2.96 bits per heavy atom. The molecular formula is C17H20N6OS. The van der Waals surface area contributed by atoms with Crippen molar-refractivity contribution in [3.8, 4) is 10.6 Å². The van der Waals surface area contributed by atoms with E-state index in [4.69, 9.17) is 0 Å². The van der Waals surface area contributed by atoms with Gasteiger partial charge in [0.1, 0.15) is 15.7 Å². The minimum absolute atomic E-state index is 0.0291. The number of nitrogens with zero attached hydrogens (tertiary/aromatic N) is 6. The molecule has 130 valence electrons. The zero-order valence-corrected chi connectivity index (χ0v) is 15.2. The first kappa shape index (κ1) is 16.0. The molecule has 0 fully saturated rings. The van der Waals surface area contributed by atoms with Gasteiger partial charge in [0.05, 0.1) is 24.6 Å². The molecule has 0 saturated heterocycles. The standard InChI is InChI=1S/C17H20N6OS/c1-21(10-13-11-23-6-4-3-5-15(23)20-13)17(24)14-8-18-16(25-14)12-7-19-22(2)9-12/h7-9,11H,3-6,10H2,1-2H3. The lowest BCUT2D eigenvalue weighted by Gasteiger charge is -2.14. The van der Waals surface area contributed by atoms with Gasteiger partial charge in [-0.15, -0.1) is 11.3 Å². The molecule has 8 heteroatoms. The monoisotopic (exact) mass is 356 g/mol. The molecular weight excluding hydrogens is 336 g/mol. The van der Waals surface area contributed by atoms with Crippen molar-refractivity contribution < 1.29 is 4.79 Å². The molecule has 0 unspecified atom stereocenters. The van der Waals surface area contributed by atoms with Crippen molar-refractivity contribution in [1.82, 2.24) is 29.2 Å². The summed E-state index contributed by atoms with van der Waals surface area (Å²) in [7, 11) is 3.67. The van der Waals surface area contributed by atoms with E-state index in [0.717, 1.165) is 35.1 Å². The van der Waals surface area contributed by atoms with Crippen molar-refractivity contribution in [2.24, 2.45) is 7.05 Å². The zero-order valence-electron chi connectivity index (χ0n) is 14.3. The second-order valence-electron chi connectivity index (χ2n) is 6.39. The minimum Gasteiger partial charge on any atom is -0.335 e. The predicted molar refractivity (Wildman–Crippen MR) is 95.3 cm³/mol. The predicted octanol–water partition coefficient (Wildman–Crippen LogP) is 2.35. The molecule has 0 radical (unpaired) electrons. The van der Waals surface area contributed by atoms with Crippen LogP contribution in [0.3, 0.4) is 0 Å². The van der Waals surface area contributed by atoms with Crippen molar-refractivity contribution in [2.45, 2.75) is 32.4 Å². The molecule has 1 aliphatic heterocycles. The highest BCUT2D eigenvalue weighted by Crippen LogP contribution is 2.25. The number of thiazole rings is 1. The third-order valence-corrected chi connectivity index (χ3v) is 5.41. The maximum absolute atomic E-state index is 12.7. The number of amides is 1. The van der Waals surface area contributed by atoms with Crippen LogP contribution in [0.25, 0.3) is 10.6 Å². The smallest absolute Gasteiger partial charge is 0.265 e. The number of fused-ring (bicyclic) bond motifs is 1. The van der Waals surface area contributed by atoms with E-state index in [1.54, 1.807) is 22.0 Å². The normalized spacial score (nSPS) is 13.7. The van der Waals surface area contributed by atoms with Gasteiger partial charge in [0.15, 0.2) is 0 Å². The summed E-state index contributed by atoms with van der Waals surface area (Å²) in [6, 6.07) is 0. The quantitative estimate of drug-likeness (QED) is 0.720. The Labute approximate surface area is 149 Å². The van der Waals surface area contributed by atoms with E-state index in [2.05, 4.69) is 25.8 Å². The number of hydrogen-bond acceptors (Lipinski definition) is 5. The second kappa shape index (κ2) is 6.44. The van der Waals surface area contributed by atoms with Crippen molar-refractivity contribution >= 4 is 17.2 Å². The number of carbonyl (C=O) groups excluding carboxylic acids is 1. The Hall–Kier alpha value is -2.48. The van der Waals surface area contributed by atoms with E-state index < -0.39 is 0 Å². The molecule has 0 aliphatic carbocycles. The first-order chi connectivity index (χ1) is 12.1. The molecule has 0 bridgehead atoms. The Morgan fingerprint density at radius 1 is 1.32 bits per heavy atom. The topological polar surface area (TPSA) is 68.8 Å². The maximum atomic E-state index is 12.7. The molecule has 1 aliphatic rings. The Kier molecular flexibility index (Phi) is 4.12. The van der Waals surface area contributed by atoms with Gasteiger partial charge in [0.25, 0.3) is 5.91 Å². The average molecular weight is 356 g/mol. The lowest BCUT2D eigenvalue weighted by atomic mass is 10.2. The number of hydrogen-bond donors (Lipinski definition) is 0. The third kappa shape index (κ3) is 3.21. The summed E-state index contributed by atoms with van der Waals surface area (Å²) >= 11 is 1.39. The van der Waals surface area contributed by atoms with E-state index in [-0.39, 0.29) is 5.91 Å². The zero-order chi connectivity index (χ0) is 17.4. The van der Waals surface area contributed by atoms with Crippen LogP contribution in [0.2, 0.25) is 0 Å². The second-order valence-corrected chi connectivity index (χ2v) is 7.42. The van der Waals surface area contributed by atoms with Crippen LogP contribution in [0.1, 0.15) is 34.0 Å². The van der Waals surface area contributed by atoms with Gasteiger partial charge >= 0.3 is 0 Å². The van der Waals surface area contributed by atoms with Gasteiger partial charge in [0.2, 0.25) is 0 Å². The van der Waals surface area contributed by atoms with Crippen molar-refractivity contribution in [1.29, 1.82) is 0 Å². The van der Waals surface area contributed by atoms with E-state index in [1.807, 2.05) is 20.3 Å². The van der Waals surface area contributed by atoms with Crippen LogP contribution >= 0.6 is 11.3 Å². The fraction of sp³-hybridized carbons (Fsp3) is 0.412. The molecule has 4 rings (SSSR count). The first-order valence-corrected chi connectivity index (χ1v) is 9.17. The molecule has 25 heavy (non-hydrogen) atoms. The fourth-order valence-corrected chi connectivity index (χ4v) is 3.97. The summed E-state index contributed by atoms with van der Waals surface area (Å²) in [5.74, 6) is 1.11. The lowest BCUT2D eigenvalue weighted by Crippen LogP contribution is -2.25.